The first-order valence-electron chi connectivity index (χ1n) is 9.00. The average Bonchev–Trinajstić information content (AvgIpc) is 2.94. The molecule has 0 aliphatic rings. The summed E-state index contributed by atoms with van der Waals surface area (Å²) in [5, 5.41) is 3.54. The number of halogens is 3. The van der Waals surface area contributed by atoms with Crippen molar-refractivity contribution in [3.63, 3.8) is 0 Å². The molecule has 1 amide bonds. The first-order valence-corrected chi connectivity index (χ1v) is 9.00. The van der Waals surface area contributed by atoms with E-state index in [1.54, 1.807) is 13.0 Å². The van der Waals surface area contributed by atoms with Crippen molar-refractivity contribution in [1.29, 1.82) is 0 Å². The third-order valence-electron chi connectivity index (χ3n) is 4.62. The molecule has 0 spiro atoms. The van der Waals surface area contributed by atoms with Crippen molar-refractivity contribution in [2.45, 2.75) is 27.1 Å². The lowest BCUT2D eigenvalue weighted by Gasteiger charge is -2.11. The van der Waals surface area contributed by atoms with E-state index in [0.717, 1.165) is 34.4 Å². The van der Waals surface area contributed by atoms with Crippen LogP contribution in [0, 0.1) is 13.8 Å². The summed E-state index contributed by atoms with van der Waals surface area (Å²) in [6.45, 7) is 5.60. The Labute approximate surface area is 171 Å². The second kappa shape index (κ2) is 8.14. The molecule has 1 aromatic heterocycles. The third kappa shape index (κ3) is 4.76. The average molecular weight is 419 g/mol. The number of ether oxygens (including phenoxy) is 2. The van der Waals surface area contributed by atoms with Crippen molar-refractivity contribution in [3.05, 3.63) is 59.4 Å². The maximum atomic E-state index is 12.4. The summed E-state index contributed by atoms with van der Waals surface area (Å²) in [4.78, 5) is 12.4. The molecule has 0 saturated carbocycles. The molecule has 1 N–H and O–H groups in total. The third-order valence-corrected chi connectivity index (χ3v) is 4.62. The Morgan fingerprint density at radius 2 is 1.80 bits per heavy atom. The molecule has 0 aliphatic heterocycles. The van der Waals surface area contributed by atoms with Gasteiger partial charge in [0.15, 0.2) is 0 Å². The van der Waals surface area contributed by atoms with Gasteiger partial charge in [-0.1, -0.05) is 0 Å². The molecule has 0 unspecified atom stereocenters. The Bertz CT molecular complexity index is 1110. The lowest BCUT2D eigenvalue weighted by Crippen LogP contribution is -2.17. The Morgan fingerprint density at radius 3 is 2.40 bits per heavy atom. The van der Waals surface area contributed by atoms with Gasteiger partial charge in [0.2, 0.25) is 5.91 Å². The van der Waals surface area contributed by atoms with Crippen LogP contribution in [0.1, 0.15) is 23.8 Å². The summed E-state index contributed by atoms with van der Waals surface area (Å²) in [5.41, 5.74) is 3.43. The number of hydrogen-bond donors (Lipinski definition) is 1. The molecule has 0 saturated heterocycles. The Hall–Kier alpha value is -3.42. The number of carbonyl (C=O) groups excluding carboxylic acids is 1. The van der Waals surface area contributed by atoms with Crippen LogP contribution in [0.25, 0.3) is 16.5 Å². The van der Waals surface area contributed by atoms with Gasteiger partial charge in [-0.05, 0) is 62.2 Å². The number of alkyl halides is 3. The summed E-state index contributed by atoms with van der Waals surface area (Å²) >= 11 is 0. The fraction of sp³-hybridized carbons (Fsp3) is 0.227. The van der Waals surface area contributed by atoms with Crippen molar-refractivity contribution < 1.29 is 31.9 Å². The van der Waals surface area contributed by atoms with Crippen LogP contribution in [0.5, 0.6) is 11.5 Å². The highest BCUT2D eigenvalue weighted by molar-refractivity contribution is 6.04. The highest BCUT2D eigenvalue weighted by Crippen LogP contribution is 2.34. The second-order valence-electron chi connectivity index (χ2n) is 6.72. The minimum absolute atomic E-state index is 0.335. The molecule has 0 bridgehead atoms. The van der Waals surface area contributed by atoms with E-state index in [0.29, 0.717) is 22.6 Å². The summed E-state index contributed by atoms with van der Waals surface area (Å²) in [7, 11) is 1.53. The molecule has 2 aromatic carbocycles. The van der Waals surface area contributed by atoms with Gasteiger partial charge in [-0.3, -0.25) is 4.79 Å². The number of fused-ring (bicyclic) bond motifs is 1. The monoisotopic (exact) mass is 419 g/mol. The molecular formula is C22H20F3NO4. The number of nitrogens with one attached hydrogen (secondary N) is 1. The largest absolute Gasteiger partial charge is 0.573 e. The predicted molar refractivity (Wildman–Crippen MR) is 108 cm³/mol. The van der Waals surface area contributed by atoms with Crippen molar-refractivity contribution >= 4 is 28.1 Å². The molecule has 3 aromatic rings. The molecule has 3 rings (SSSR count). The van der Waals surface area contributed by atoms with Crippen molar-refractivity contribution in [2.24, 2.45) is 0 Å². The molecule has 5 nitrogen and oxygen atoms in total. The lowest BCUT2D eigenvalue weighted by atomic mass is 10.0. The standard InChI is InChI=1S/C22H20F3NO4/c1-12(17-10-18-13(2)14(3)29-20(18)11-19(17)28-4)9-21(27)26-15-5-7-16(8-6-15)30-22(23,24)25/h5-11H,1-4H3,(H,26,27)/b12-9+. The van der Waals surface area contributed by atoms with Gasteiger partial charge in [0.1, 0.15) is 22.8 Å². The molecule has 158 valence electrons. The van der Waals surface area contributed by atoms with E-state index < -0.39 is 12.3 Å². The van der Waals surface area contributed by atoms with Gasteiger partial charge < -0.3 is 19.2 Å². The van der Waals surface area contributed by atoms with E-state index in [1.165, 1.54) is 25.3 Å². The predicted octanol–water partition coefficient (Wildman–Crippen LogP) is 6.00. The quantitative estimate of drug-likeness (QED) is 0.516. The number of furan rings is 1. The number of hydrogen-bond acceptors (Lipinski definition) is 4. The molecule has 0 aliphatic carbocycles. The zero-order valence-electron chi connectivity index (χ0n) is 16.8. The first kappa shape index (κ1) is 21.3. The van der Waals surface area contributed by atoms with Crippen LogP contribution < -0.4 is 14.8 Å². The Balaban J connectivity index is 1.81. The van der Waals surface area contributed by atoms with Gasteiger partial charge in [-0.15, -0.1) is 13.2 Å². The van der Waals surface area contributed by atoms with Crippen LogP contribution >= 0.6 is 0 Å². The molecular weight excluding hydrogens is 399 g/mol. The van der Waals surface area contributed by atoms with E-state index in [1.807, 2.05) is 19.9 Å². The minimum Gasteiger partial charge on any atom is -0.496 e. The van der Waals surface area contributed by atoms with Gasteiger partial charge in [-0.2, -0.15) is 0 Å². The summed E-state index contributed by atoms with van der Waals surface area (Å²) in [5.74, 6) is 0.572. The summed E-state index contributed by atoms with van der Waals surface area (Å²) < 4.78 is 51.6. The molecule has 0 fully saturated rings. The number of aryl methyl sites for hydroxylation is 2. The van der Waals surface area contributed by atoms with E-state index in [9.17, 15) is 18.0 Å². The first-order chi connectivity index (χ1) is 14.1. The number of anilines is 1. The fourth-order valence-corrected chi connectivity index (χ4v) is 3.04. The highest BCUT2D eigenvalue weighted by Gasteiger charge is 2.30. The number of carbonyl (C=O) groups is 1. The van der Waals surface area contributed by atoms with Crippen LogP contribution in [0.4, 0.5) is 18.9 Å². The number of rotatable bonds is 5. The summed E-state index contributed by atoms with van der Waals surface area (Å²) in [6, 6.07) is 8.59. The highest BCUT2D eigenvalue weighted by atomic mass is 19.4. The number of allylic oxidation sites excluding steroid dienone is 1. The van der Waals surface area contributed by atoms with Crippen molar-refractivity contribution in [1.82, 2.24) is 0 Å². The zero-order chi connectivity index (χ0) is 22.1. The Morgan fingerprint density at radius 1 is 1.13 bits per heavy atom. The van der Waals surface area contributed by atoms with Gasteiger partial charge in [0.25, 0.3) is 0 Å². The number of amides is 1. The molecule has 0 atom stereocenters. The van der Waals surface area contributed by atoms with Crippen LogP contribution in [-0.4, -0.2) is 19.4 Å². The molecule has 8 heteroatoms. The van der Waals surface area contributed by atoms with Crippen molar-refractivity contribution in [3.8, 4) is 11.5 Å². The van der Waals surface area contributed by atoms with Gasteiger partial charge in [-0.25, -0.2) is 0 Å². The normalized spacial score (nSPS) is 12.2. The van der Waals surface area contributed by atoms with Crippen LogP contribution in [0.3, 0.4) is 0 Å². The van der Waals surface area contributed by atoms with Gasteiger partial charge >= 0.3 is 6.36 Å². The maximum absolute atomic E-state index is 12.4. The van der Waals surface area contributed by atoms with E-state index >= 15 is 0 Å². The van der Waals surface area contributed by atoms with E-state index in [4.69, 9.17) is 9.15 Å². The van der Waals surface area contributed by atoms with E-state index in [2.05, 4.69) is 10.1 Å². The second-order valence-corrected chi connectivity index (χ2v) is 6.72. The molecule has 1 heterocycles. The van der Waals surface area contributed by atoms with Crippen LogP contribution in [0.2, 0.25) is 0 Å². The van der Waals surface area contributed by atoms with Crippen molar-refractivity contribution in [2.75, 3.05) is 12.4 Å². The number of methoxy groups -OCH3 is 1. The van der Waals surface area contributed by atoms with Crippen LogP contribution in [-0.2, 0) is 4.79 Å². The lowest BCUT2D eigenvalue weighted by molar-refractivity contribution is -0.274. The van der Waals surface area contributed by atoms with Crippen LogP contribution in [0.15, 0.2) is 46.9 Å². The van der Waals surface area contributed by atoms with Gasteiger partial charge in [0.05, 0.1) is 7.11 Å². The fourth-order valence-electron chi connectivity index (χ4n) is 3.04. The van der Waals surface area contributed by atoms with Gasteiger partial charge in [0, 0.05) is 28.8 Å². The topological polar surface area (TPSA) is 60.7 Å². The molecule has 30 heavy (non-hydrogen) atoms. The maximum Gasteiger partial charge on any atom is 0.573 e. The molecule has 0 radical (unpaired) electrons. The minimum atomic E-state index is -4.77. The summed E-state index contributed by atoms with van der Waals surface area (Å²) in [6.07, 6.45) is -3.37. The number of benzene rings is 2. The SMILES string of the molecule is COc1cc2oc(C)c(C)c2cc1/C(C)=C/C(=O)Nc1ccc(OC(F)(F)F)cc1. The smallest absolute Gasteiger partial charge is 0.496 e. The zero-order valence-corrected chi connectivity index (χ0v) is 16.8. The Kier molecular flexibility index (Phi) is 5.78. The van der Waals surface area contributed by atoms with E-state index in [-0.39, 0.29) is 5.75 Å².